The third-order valence-electron chi connectivity index (χ3n) is 2.79. The summed E-state index contributed by atoms with van der Waals surface area (Å²) in [4.78, 5) is 2.23. The second-order valence-electron chi connectivity index (χ2n) is 4.04. The van der Waals surface area contributed by atoms with Crippen molar-refractivity contribution in [3.05, 3.63) is 0 Å². The summed E-state index contributed by atoms with van der Waals surface area (Å²) >= 11 is 0. The van der Waals surface area contributed by atoms with E-state index in [2.05, 4.69) is 4.90 Å². The monoisotopic (exact) mass is 191 g/mol. The van der Waals surface area contributed by atoms with Crippen molar-refractivity contribution in [1.82, 2.24) is 4.90 Å². The van der Waals surface area contributed by atoms with Gasteiger partial charge in [-0.15, -0.1) is 0 Å². The molecule has 1 saturated carbocycles. The Hall–Kier alpha value is -0.220. The van der Waals surface area contributed by atoms with Crippen molar-refractivity contribution < 1.29 is 13.5 Å². The molecule has 2 rings (SSSR count). The fraction of sp³-hybridized carbons (Fsp3) is 1.00. The highest BCUT2D eigenvalue weighted by Crippen LogP contribution is 2.42. The molecule has 0 N–H and O–H groups in total. The Morgan fingerprint density at radius 1 is 1.23 bits per heavy atom. The first-order valence-corrected chi connectivity index (χ1v) is 4.84. The molecular formula is C9H15F2NO. The molecule has 2 aliphatic rings. The van der Waals surface area contributed by atoms with Crippen LogP contribution in [0.3, 0.4) is 0 Å². The van der Waals surface area contributed by atoms with E-state index in [1.54, 1.807) is 0 Å². The lowest BCUT2D eigenvalue weighted by atomic mass is 9.81. The number of rotatable bonds is 2. The van der Waals surface area contributed by atoms with Crippen molar-refractivity contribution in [3.8, 4) is 0 Å². The Balaban J connectivity index is 1.68. The lowest BCUT2D eigenvalue weighted by molar-refractivity contribution is -0.119. The van der Waals surface area contributed by atoms with Crippen molar-refractivity contribution in [2.45, 2.75) is 18.8 Å². The number of nitrogens with zero attached hydrogens (tertiary/aromatic N) is 1. The van der Waals surface area contributed by atoms with Gasteiger partial charge in [0, 0.05) is 32.5 Å². The summed E-state index contributed by atoms with van der Waals surface area (Å²) in [5.41, 5.74) is 0. The minimum absolute atomic E-state index is 0.0877. The molecule has 0 atom stereocenters. The summed E-state index contributed by atoms with van der Waals surface area (Å²) in [6, 6.07) is 0. The maximum Gasteiger partial charge on any atom is 0.248 e. The molecule has 76 valence electrons. The average Bonchev–Trinajstić information content (AvgIpc) is 2.03. The summed E-state index contributed by atoms with van der Waals surface area (Å²) in [5, 5.41) is 0. The van der Waals surface area contributed by atoms with Crippen molar-refractivity contribution in [2.75, 3.05) is 32.8 Å². The van der Waals surface area contributed by atoms with E-state index in [-0.39, 0.29) is 18.8 Å². The van der Waals surface area contributed by atoms with Gasteiger partial charge in [-0.3, -0.25) is 4.90 Å². The first-order valence-electron chi connectivity index (χ1n) is 4.84. The molecule has 1 saturated heterocycles. The van der Waals surface area contributed by atoms with Gasteiger partial charge in [0.15, 0.2) is 0 Å². The standard InChI is InChI=1S/C9H15F2NO/c10-9(11)5-8(6-9)7-12-1-3-13-4-2-12/h8H,1-7H2. The fourth-order valence-corrected chi connectivity index (χ4v) is 2.06. The molecule has 1 aliphatic heterocycles. The molecule has 2 fully saturated rings. The lowest BCUT2D eigenvalue weighted by Gasteiger charge is -2.39. The van der Waals surface area contributed by atoms with Crippen LogP contribution in [0.1, 0.15) is 12.8 Å². The van der Waals surface area contributed by atoms with Crippen LogP contribution in [-0.4, -0.2) is 43.7 Å². The molecule has 2 nitrogen and oxygen atoms in total. The van der Waals surface area contributed by atoms with Gasteiger partial charge in [-0.05, 0) is 5.92 Å². The van der Waals surface area contributed by atoms with Crippen LogP contribution in [0.25, 0.3) is 0 Å². The normalized spacial score (nSPS) is 30.0. The van der Waals surface area contributed by atoms with Gasteiger partial charge in [0.2, 0.25) is 5.92 Å². The summed E-state index contributed by atoms with van der Waals surface area (Å²) in [6.07, 6.45) is 0.175. The molecule has 0 amide bonds. The third kappa shape index (κ3) is 2.38. The highest BCUT2D eigenvalue weighted by Gasteiger charge is 2.45. The van der Waals surface area contributed by atoms with Gasteiger partial charge in [0.25, 0.3) is 0 Å². The number of ether oxygens (including phenoxy) is 1. The molecule has 0 aromatic heterocycles. The summed E-state index contributed by atoms with van der Waals surface area (Å²) < 4.78 is 30.2. The van der Waals surface area contributed by atoms with Crippen LogP contribution in [0.15, 0.2) is 0 Å². The average molecular weight is 191 g/mol. The first kappa shape index (κ1) is 9.34. The minimum atomic E-state index is -2.36. The smallest absolute Gasteiger partial charge is 0.248 e. The maximum atomic E-state index is 12.5. The number of hydrogen-bond acceptors (Lipinski definition) is 2. The van der Waals surface area contributed by atoms with Gasteiger partial charge < -0.3 is 4.74 Å². The molecule has 4 heteroatoms. The van der Waals surface area contributed by atoms with Gasteiger partial charge in [-0.25, -0.2) is 8.78 Å². The summed E-state index contributed by atoms with van der Waals surface area (Å²) in [7, 11) is 0. The van der Waals surface area contributed by atoms with Crippen LogP contribution < -0.4 is 0 Å². The van der Waals surface area contributed by atoms with Gasteiger partial charge in [-0.1, -0.05) is 0 Å². The van der Waals surface area contributed by atoms with Crippen molar-refractivity contribution >= 4 is 0 Å². The van der Waals surface area contributed by atoms with Crippen LogP contribution in [0.5, 0.6) is 0 Å². The van der Waals surface area contributed by atoms with Gasteiger partial charge in [-0.2, -0.15) is 0 Å². The molecule has 1 aliphatic carbocycles. The first-order chi connectivity index (χ1) is 6.16. The molecule has 0 spiro atoms. The minimum Gasteiger partial charge on any atom is -0.379 e. The highest BCUT2D eigenvalue weighted by molar-refractivity contribution is 4.88. The van der Waals surface area contributed by atoms with Crippen molar-refractivity contribution in [2.24, 2.45) is 5.92 Å². The highest BCUT2D eigenvalue weighted by atomic mass is 19.3. The Morgan fingerprint density at radius 2 is 1.85 bits per heavy atom. The number of morpholine rings is 1. The van der Waals surface area contributed by atoms with Crippen LogP contribution >= 0.6 is 0 Å². The molecule has 0 unspecified atom stereocenters. The summed E-state index contributed by atoms with van der Waals surface area (Å²) in [5.74, 6) is -2.15. The van der Waals surface area contributed by atoms with Crippen LogP contribution in [0.4, 0.5) is 8.78 Å². The largest absolute Gasteiger partial charge is 0.379 e. The summed E-state index contributed by atoms with van der Waals surface area (Å²) in [6.45, 7) is 4.15. The zero-order valence-corrected chi connectivity index (χ0v) is 7.64. The maximum absolute atomic E-state index is 12.5. The van der Waals surface area contributed by atoms with Crippen LogP contribution in [-0.2, 0) is 4.74 Å². The molecule has 0 aromatic rings. The van der Waals surface area contributed by atoms with E-state index in [1.807, 2.05) is 0 Å². The molecular weight excluding hydrogens is 176 g/mol. The Labute approximate surface area is 76.9 Å². The lowest BCUT2D eigenvalue weighted by Crippen LogP contribution is -2.45. The Kier molecular flexibility index (Phi) is 2.51. The second-order valence-corrected chi connectivity index (χ2v) is 4.04. The molecule has 0 radical (unpaired) electrons. The van der Waals surface area contributed by atoms with Crippen molar-refractivity contribution in [3.63, 3.8) is 0 Å². The zero-order valence-electron chi connectivity index (χ0n) is 7.64. The second kappa shape index (κ2) is 3.50. The van der Waals surface area contributed by atoms with Gasteiger partial charge >= 0.3 is 0 Å². The number of hydrogen-bond donors (Lipinski definition) is 0. The molecule has 0 bridgehead atoms. The van der Waals surface area contributed by atoms with Crippen molar-refractivity contribution in [1.29, 1.82) is 0 Å². The Bertz CT molecular complexity index is 172. The van der Waals surface area contributed by atoms with E-state index < -0.39 is 5.92 Å². The number of halogens is 2. The molecule has 13 heavy (non-hydrogen) atoms. The van der Waals surface area contributed by atoms with E-state index in [4.69, 9.17) is 4.74 Å². The van der Waals surface area contributed by atoms with Crippen LogP contribution in [0, 0.1) is 5.92 Å². The van der Waals surface area contributed by atoms with E-state index in [0.717, 1.165) is 32.8 Å². The Morgan fingerprint density at radius 3 is 2.38 bits per heavy atom. The van der Waals surface area contributed by atoms with E-state index >= 15 is 0 Å². The third-order valence-corrected chi connectivity index (χ3v) is 2.79. The fourth-order valence-electron chi connectivity index (χ4n) is 2.06. The topological polar surface area (TPSA) is 12.5 Å². The predicted molar refractivity (Wildman–Crippen MR) is 44.9 cm³/mol. The van der Waals surface area contributed by atoms with Gasteiger partial charge in [0.05, 0.1) is 13.2 Å². The SMILES string of the molecule is FC1(F)CC(CN2CCOCC2)C1. The molecule has 1 heterocycles. The zero-order chi connectivity index (χ0) is 9.31. The van der Waals surface area contributed by atoms with E-state index in [1.165, 1.54) is 0 Å². The van der Waals surface area contributed by atoms with E-state index in [9.17, 15) is 8.78 Å². The van der Waals surface area contributed by atoms with Crippen LogP contribution in [0.2, 0.25) is 0 Å². The molecule has 0 aromatic carbocycles. The van der Waals surface area contributed by atoms with Gasteiger partial charge in [0.1, 0.15) is 0 Å². The predicted octanol–water partition coefficient (Wildman–Crippen LogP) is 1.36. The number of alkyl halides is 2. The quantitative estimate of drug-likeness (QED) is 0.653. The van der Waals surface area contributed by atoms with E-state index in [0.29, 0.717) is 0 Å².